The molecule has 8 nitrogen and oxygen atoms in total. The Morgan fingerprint density at radius 1 is 1.28 bits per heavy atom. The summed E-state index contributed by atoms with van der Waals surface area (Å²) in [7, 11) is 0. The van der Waals surface area contributed by atoms with E-state index >= 15 is 0 Å². The highest BCUT2D eigenvalue weighted by molar-refractivity contribution is 5.81. The fourth-order valence-corrected chi connectivity index (χ4v) is 3.74. The Labute approximate surface area is 145 Å². The van der Waals surface area contributed by atoms with Gasteiger partial charge < -0.3 is 9.64 Å². The van der Waals surface area contributed by atoms with Crippen molar-refractivity contribution in [2.24, 2.45) is 11.8 Å². The lowest BCUT2D eigenvalue weighted by Crippen LogP contribution is -2.53. The van der Waals surface area contributed by atoms with Crippen LogP contribution in [0.2, 0.25) is 0 Å². The highest BCUT2D eigenvalue weighted by Gasteiger charge is 2.46. The van der Waals surface area contributed by atoms with E-state index in [-0.39, 0.29) is 24.3 Å². The highest BCUT2D eigenvalue weighted by atomic mass is 16.5. The summed E-state index contributed by atoms with van der Waals surface area (Å²) < 4.78 is 8.76. The molecule has 4 rings (SSSR count). The quantitative estimate of drug-likeness (QED) is 0.716. The lowest BCUT2D eigenvalue weighted by Gasteiger charge is -2.35. The number of carbonyl (C=O) groups is 1. The fourth-order valence-electron chi connectivity index (χ4n) is 3.74. The van der Waals surface area contributed by atoms with E-state index in [2.05, 4.69) is 5.10 Å². The van der Waals surface area contributed by atoms with E-state index in [0.717, 1.165) is 12.8 Å². The summed E-state index contributed by atoms with van der Waals surface area (Å²) in [5, 5.41) is 4.32. The number of nitrogens with zero attached hydrogens (tertiary/aromatic N) is 4. The number of aromatic nitrogens is 3. The second-order valence-corrected chi connectivity index (χ2v) is 7.94. The molecule has 3 aliphatic rings. The summed E-state index contributed by atoms with van der Waals surface area (Å²) in [6.45, 7) is 5.98. The topological polar surface area (TPSA) is 86.4 Å². The van der Waals surface area contributed by atoms with Gasteiger partial charge in [-0.3, -0.25) is 19.0 Å². The molecule has 1 saturated carbocycles. The Morgan fingerprint density at radius 2 is 2.04 bits per heavy atom. The Morgan fingerprint density at radius 3 is 2.72 bits per heavy atom. The van der Waals surface area contributed by atoms with Crippen LogP contribution in [0.5, 0.6) is 0 Å². The molecule has 1 aliphatic carbocycles. The van der Waals surface area contributed by atoms with Crippen LogP contribution in [0.4, 0.5) is 0 Å². The third-order valence-electron chi connectivity index (χ3n) is 5.26. The van der Waals surface area contributed by atoms with Crippen LogP contribution in [0, 0.1) is 11.8 Å². The summed E-state index contributed by atoms with van der Waals surface area (Å²) in [6.07, 6.45) is 2.64. The molecule has 1 amide bonds. The number of ether oxygens (including phenoxy) is 1. The van der Waals surface area contributed by atoms with Crippen molar-refractivity contribution in [3.8, 4) is 0 Å². The van der Waals surface area contributed by atoms with Crippen LogP contribution in [-0.4, -0.2) is 43.8 Å². The van der Waals surface area contributed by atoms with Gasteiger partial charge in [-0.2, -0.15) is 5.10 Å². The largest absolute Gasteiger partial charge is 0.363 e. The summed E-state index contributed by atoms with van der Waals surface area (Å²) in [6, 6.07) is 0. The van der Waals surface area contributed by atoms with Crippen LogP contribution in [0.25, 0.3) is 0 Å². The molecule has 0 unspecified atom stereocenters. The van der Waals surface area contributed by atoms with Crippen LogP contribution in [-0.2, 0) is 29.2 Å². The van der Waals surface area contributed by atoms with Gasteiger partial charge in [-0.1, -0.05) is 13.8 Å². The molecule has 1 saturated heterocycles. The maximum atomic E-state index is 12.5. The van der Waals surface area contributed by atoms with Crippen LogP contribution < -0.4 is 11.1 Å². The molecule has 25 heavy (non-hydrogen) atoms. The van der Waals surface area contributed by atoms with Gasteiger partial charge >= 0.3 is 11.1 Å². The standard InChI is InChI=1S/C17H24N4O4/c1-11(2)7-21-16(24)15(23)20-10-17(25-8-13(20)18-21)5-6-19(9-17)14(22)12-3-4-12/h11-12H,3-10H2,1-2H3/t17-/m1/s1. The van der Waals surface area contributed by atoms with Gasteiger partial charge in [0.05, 0.1) is 13.1 Å². The normalized spacial score (nSPS) is 25.6. The molecular weight excluding hydrogens is 324 g/mol. The van der Waals surface area contributed by atoms with Gasteiger partial charge in [-0.05, 0) is 25.2 Å². The molecular formula is C17H24N4O4. The lowest BCUT2D eigenvalue weighted by molar-refractivity contribution is -0.134. The van der Waals surface area contributed by atoms with E-state index in [9.17, 15) is 14.4 Å². The summed E-state index contributed by atoms with van der Waals surface area (Å²) in [5.41, 5.74) is -1.70. The Balaban J connectivity index is 1.59. The second kappa shape index (κ2) is 5.79. The van der Waals surface area contributed by atoms with Crippen LogP contribution >= 0.6 is 0 Å². The zero-order chi connectivity index (χ0) is 17.8. The SMILES string of the molecule is CC(C)Cn1nc2n(c(=O)c1=O)C[C@]1(CCN(C(=O)C3CC3)C1)OC2. The first-order chi connectivity index (χ1) is 11.9. The molecule has 1 spiro atoms. The number of fused-ring (bicyclic) bond motifs is 1. The molecule has 8 heteroatoms. The molecule has 1 atom stereocenters. The number of likely N-dealkylation sites (tertiary alicyclic amines) is 1. The average molecular weight is 348 g/mol. The summed E-state index contributed by atoms with van der Waals surface area (Å²) in [4.78, 5) is 39.0. The first kappa shape index (κ1) is 16.5. The maximum Gasteiger partial charge on any atom is 0.332 e. The first-order valence-corrected chi connectivity index (χ1v) is 9.02. The van der Waals surface area contributed by atoms with E-state index in [0.29, 0.717) is 38.4 Å². The zero-order valence-corrected chi connectivity index (χ0v) is 14.7. The number of hydrogen-bond acceptors (Lipinski definition) is 5. The van der Waals surface area contributed by atoms with E-state index in [4.69, 9.17) is 4.74 Å². The fraction of sp³-hybridized carbons (Fsp3) is 0.765. The summed E-state index contributed by atoms with van der Waals surface area (Å²) >= 11 is 0. The molecule has 2 aliphatic heterocycles. The molecule has 0 bridgehead atoms. The third kappa shape index (κ3) is 2.92. The van der Waals surface area contributed by atoms with E-state index in [1.807, 2.05) is 18.7 Å². The van der Waals surface area contributed by atoms with Crippen molar-refractivity contribution in [1.82, 2.24) is 19.2 Å². The molecule has 0 radical (unpaired) electrons. The van der Waals surface area contributed by atoms with Gasteiger partial charge in [-0.15, -0.1) is 0 Å². The average Bonchev–Trinajstić information content (AvgIpc) is 3.34. The first-order valence-electron chi connectivity index (χ1n) is 9.02. The van der Waals surface area contributed by atoms with E-state index in [1.54, 1.807) is 0 Å². The zero-order valence-electron chi connectivity index (χ0n) is 14.7. The number of amides is 1. The Bertz CT molecular complexity index is 823. The Kier molecular flexibility index (Phi) is 3.82. The molecule has 1 aromatic heterocycles. The van der Waals surface area contributed by atoms with Crippen molar-refractivity contribution >= 4 is 5.91 Å². The van der Waals surface area contributed by atoms with Gasteiger partial charge in [0.1, 0.15) is 12.2 Å². The van der Waals surface area contributed by atoms with Crippen LogP contribution in [0.1, 0.15) is 38.9 Å². The van der Waals surface area contributed by atoms with Gasteiger partial charge in [0.25, 0.3) is 0 Å². The van der Waals surface area contributed by atoms with Crippen molar-refractivity contribution in [3.05, 3.63) is 26.5 Å². The van der Waals surface area contributed by atoms with Gasteiger partial charge in [0.15, 0.2) is 5.82 Å². The van der Waals surface area contributed by atoms with Crippen molar-refractivity contribution in [1.29, 1.82) is 0 Å². The second-order valence-electron chi connectivity index (χ2n) is 7.94. The minimum Gasteiger partial charge on any atom is -0.363 e. The van der Waals surface area contributed by atoms with E-state index in [1.165, 1.54) is 9.25 Å². The van der Waals surface area contributed by atoms with Crippen molar-refractivity contribution in [3.63, 3.8) is 0 Å². The minimum absolute atomic E-state index is 0.179. The van der Waals surface area contributed by atoms with Gasteiger partial charge in [0, 0.05) is 19.0 Å². The Hall–Kier alpha value is -1.96. The number of hydrogen-bond donors (Lipinski definition) is 0. The van der Waals surface area contributed by atoms with Gasteiger partial charge in [0.2, 0.25) is 5.91 Å². The molecule has 0 N–H and O–H groups in total. The van der Waals surface area contributed by atoms with Crippen LogP contribution in [0.3, 0.4) is 0 Å². The van der Waals surface area contributed by atoms with Crippen molar-refractivity contribution in [2.75, 3.05) is 13.1 Å². The number of carbonyl (C=O) groups excluding carboxylic acids is 1. The van der Waals surface area contributed by atoms with E-state index < -0.39 is 16.7 Å². The predicted molar refractivity (Wildman–Crippen MR) is 89.0 cm³/mol. The van der Waals surface area contributed by atoms with Crippen molar-refractivity contribution in [2.45, 2.75) is 58.4 Å². The van der Waals surface area contributed by atoms with Crippen molar-refractivity contribution < 1.29 is 9.53 Å². The third-order valence-corrected chi connectivity index (χ3v) is 5.26. The molecule has 1 aromatic rings. The monoisotopic (exact) mass is 348 g/mol. The molecule has 136 valence electrons. The maximum absolute atomic E-state index is 12.5. The summed E-state index contributed by atoms with van der Waals surface area (Å²) in [5.74, 6) is 1.09. The van der Waals surface area contributed by atoms with Gasteiger partial charge in [-0.25, -0.2) is 4.68 Å². The highest BCUT2D eigenvalue weighted by Crippen LogP contribution is 2.36. The number of rotatable bonds is 3. The predicted octanol–water partition coefficient (Wildman–Crippen LogP) is -0.0277. The molecule has 3 heterocycles. The molecule has 2 fully saturated rings. The smallest absolute Gasteiger partial charge is 0.332 e. The van der Waals surface area contributed by atoms with Crippen LogP contribution in [0.15, 0.2) is 9.59 Å². The minimum atomic E-state index is -0.585. The molecule has 0 aromatic carbocycles. The lowest BCUT2D eigenvalue weighted by atomic mass is 10.0.